The van der Waals surface area contributed by atoms with Gasteiger partial charge < -0.3 is 15.4 Å². The molecule has 0 spiro atoms. The van der Waals surface area contributed by atoms with Gasteiger partial charge in [-0.2, -0.15) is 5.10 Å². The van der Waals surface area contributed by atoms with Crippen LogP contribution in [0.25, 0.3) is 0 Å². The summed E-state index contributed by atoms with van der Waals surface area (Å²) >= 11 is 5.89. The number of hydrogen-bond donors (Lipinski definition) is 3. The van der Waals surface area contributed by atoms with Crippen molar-refractivity contribution >= 4 is 29.2 Å². The van der Waals surface area contributed by atoms with Gasteiger partial charge in [-0.1, -0.05) is 48.0 Å². The molecule has 1 aromatic heterocycles. The molecule has 0 aliphatic carbocycles. The summed E-state index contributed by atoms with van der Waals surface area (Å²) in [5.74, 6) is 0.0614. The van der Waals surface area contributed by atoms with Crippen molar-refractivity contribution in [1.82, 2.24) is 15.5 Å². The van der Waals surface area contributed by atoms with E-state index in [4.69, 9.17) is 16.3 Å². The number of halogens is 1. The van der Waals surface area contributed by atoms with Gasteiger partial charge in [0.2, 0.25) is 0 Å². The van der Waals surface area contributed by atoms with Crippen molar-refractivity contribution in [3.8, 4) is 5.75 Å². The van der Waals surface area contributed by atoms with Gasteiger partial charge in [0.05, 0.1) is 6.20 Å². The number of H-pyrrole nitrogens is 1. The first-order valence-corrected chi connectivity index (χ1v) is 8.52. The lowest BCUT2D eigenvalue weighted by Crippen LogP contribution is -2.39. The van der Waals surface area contributed by atoms with Gasteiger partial charge in [-0.3, -0.25) is 14.7 Å². The standard InChI is InChI=1S/C19H17ClN4O3/c20-14-7-4-8-15(11-14)27-12-17(25)23-18(13-5-2-1-3-6-13)19(26)22-16-9-10-21-24-16/h1-11,18H,12H2,(H,23,25)(H2,21,22,24,26). The number of amides is 2. The Bertz CT molecular complexity index is 900. The number of benzene rings is 2. The highest BCUT2D eigenvalue weighted by molar-refractivity contribution is 6.30. The normalized spacial score (nSPS) is 11.4. The molecule has 27 heavy (non-hydrogen) atoms. The SMILES string of the molecule is O=C(COc1cccc(Cl)c1)NC(C(=O)Nc1ccn[nH]1)c1ccccc1. The third-order valence-corrected chi connectivity index (χ3v) is 3.86. The number of anilines is 1. The fourth-order valence-corrected chi connectivity index (χ4v) is 2.56. The predicted octanol–water partition coefficient (Wildman–Crippen LogP) is 2.94. The number of hydrogen-bond acceptors (Lipinski definition) is 4. The lowest BCUT2D eigenvalue weighted by Gasteiger charge is -2.18. The highest BCUT2D eigenvalue weighted by atomic mass is 35.5. The van der Waals surface area contributed by atoms with E-state index in [1.54, 1.807) is 54.6 Å². The number of ether oxygens (including phenoxy) is 1. The summed E-state index contributed by atoms with van der Waals surface area (Å²) in [4.78, 5) is 25.0. The zero-order valence-corrected chi connectivity index (χ0v) is 14.9. The van der Waals surface area contributed by atoms with Crippen LogP contribution in [-0.4, -0.2) is 28.6 Å². The van der Waals surface area contributed by atoms with Crippen LogP contribution in [-0.2, 0) is 9.59 Å². The Morgan fingerprint density at radius 2 is 1.93 bits per heavy atom. The van der Waals surface area contributed by atoms with Gasteiger partial charge in [-0.05, 0) is 23.8 Å². The average molecular weight is 385 g/mol. The summed E-state index contributed by atoms with van der Waals surface area (Å²) in [6.45, 7) is -0.249. The summed E-state index contributed by atoms with van der Waals surface area (Å²) in [6, 6.07) is 16.4. The van der Waals surface area contributed by atoms with Gasteiger partial charge in [-0.15, -0.1) is 0 Å². The number of nitrogens with one attached hydrogen (secondary N) is 3. The Balaban J connectivity index is 1.67. The number of aromatic amines is 1. The second kappa shape index (κ2) is 8.86. The van der Waals surface area contributed by atoms with Crippen LogP contribution in [0.5, 0.6) is 5.75 Å². The second-order valence-electron chi connectivity index (χ2n) is 5.62. The maximum absolute atomic E-state index is 12.6. The largest absolute Gasteiger partial charge is 0.484 e. The number of carbonyl (C=O) groups excluding carboxylic acids is 2. The Kier molecular flexibility index (Phi) is 6.06. The molecular weight excluding hydrogens is 368 g/mol. The monoisotopic (exact) mass is 384 g/mol. The molecule has 0 bridgehead atoms. The van der Waals surface area contributed by atoms with Crippen LogP contribution < -0.4 is 15.4 Å². The first kappa shape index (κ1) is 18.5. The van der Waals surface area contributed by atoms with Crippen LogP contribution in [0.4, 0.5) is 5.82 Å². The van der Waals surface area contributed by atoms with Crippen molar-refractivity contribution in [2.75, 3.05) is 11.9 Å². The van der Waals surface area contributed by atoms with E-state index < -0.39 is 17.9 Å². The van der Waals surface area contributed by atoms with Gasteiger partial charge in [0, 0.05) is 11.1 Å². The zero-order chi connectivity index (χ0) is 19.1. The van der Waals surface area contributed by atoms with Gasteiger partial charge in [0.1, 0.15) is 17.6 Å². The van der Waals surface area contributed by atoms with E-state index in [9.17, 15) is 9.59 Å². The number of nitrogens with zero attached hydrogens (tertiary/aromatic N) is 1. The van der Waals surface area contributed by atoms with E-state index in [1.165, 1.54) is 6.20 Å². The van der Waals surface area contributed by atoms with Crippen molar-refractivity contribution in [3.63, 3.8) is 0 Å². The van der Waals surface area contributed by atoms with Gasteiger partial charge in [0.15, 0.2) is 6.61 Å². The minimum Gasteiger partial charge on any atom is -0.484 e. The van der Waals surface area contributed by atoms with E-state index in [0.717, 1.165) is 0 Å². The number of aromatic nitrogens is 2. The van der Waals surface area contributed by atoms with Crippen LogP contribution in [0.3, 0.4) is 0 Å². The number of rotatable bonds is 7. The molecular formula is C19H17ClN4O3. The molecule has 1 atom stereocenters. The van der Waals surface area contributed by atoms with E-state index >= 15 is 0 Å². The molecule has 0 saturated carbocycles. The van der Waals surface area contributed by atoms with Crippen molar-refractivity contribution in [3.05, 3.63) is 77.4 Å². The molecule has 7 nitrogen and oxygen atoms in total. The molecule has 138 valence electrons. The first-order chi connectivity index (χ1) is 13.1. The Labute approximate surface area is 160 Å². The molecule has 2 aromatic carbocycles. The lowest BCUT2D eigenvalue weighted by atomic mass is 10.1. The van der Waals surface area contributed by atoms with E-state index in [-0.39, 0.29) is 6.61 Å². The van der Waals surface area contributed by atoms with Crippen molar-refractivity contribution in [2.45, 2.75) is 6.04 Å². The summed E-state index contributed by atoms with van der Waals surface area (Å²) in [7, 11) is 0. The first-order valence-electron chi connectivity index (χ1n) is 8.15. The predicted molar refractivity (Wildman–Crippen MR) is 101 cm³/mol. The van der Waals surface area contributed by atoms with Crippen molar-refractivity contribution in [1.29, 1.82) is 0 Å². The average Bonchev–Trinajstić information content (AvgIpc) is 3.18. The molecule has 3 N–H and O–H groups in total. The molecule has 0 fully saturated rings. The summed E-state index contributed by atoms with van der Waals surface area (Å²) in [6.07, 6.45) is 1.52. The maximum atomic E-state index is 12.6. The third kappa shape index (κ3) is 5.32. The van der Waals surface area contributed by atoms with Crippen LogP contribution in [0.15, 0.2) is 66.9 Å². The highest BCUT2D eigenvalue weighted by Gasteiger charge is 2.23. The Morgan fingerprint density at radius 1 is 1.11 bits per heavy atom. The fraction of sp³-hybridized carbons (Fsp3) is 0.105. The second-order valence-corrected chi connectivity index (χ2v) is 6.05. The molecule has 0 aliphatic rings. The molecule has 0 saturated heterocycles. The zero-order valence-electron chi connectivity index (χ0n) is 14.2. The van der Waals surface area contributed by atoms with Crippen molar-refractivity contribution in [2.24, 2.45) is 0 Å². The molecule has 0 radical (unpaired) electrons. The van der Waals surface area contributed by atoms with Gasteiger partial charge in [-0.25, -0.2) is 0 Å². The maximum Gasteiger partial charge on any atom is 0.258 e. The molecule has 3 rings (SSSR count). The van der Waals surface area contributed by atoms with Crippen LogP contribution in [0.2, 0.25) is 5.02 Å². The van der Waals surface area contributed by atoms with Crippen LogP contribution in [0.1, 0.15) is 11.6 Å². The molecule has 8 heteroatoms. The molecule has 1 heterocycles. The number of carbonyl (C=O) groups is 2. The smallest absolute Gasteiger partial charge is 0.258 e. The third-order valence-electron chi connectivity index (χ3n) is 3.63. The molecule has 0 aliphatic heterocycles. The summed E-state index contributed by atoms with van der Waals surface area (Å²) in [5, 5.41) is 12.3. The van der Waals surface area contributed by atoms with E-state index in [0.29, 0.717) is 22.2 Å². The summed E-state index contributed by atoms with van der Waals surface area (Å²) < 4.78 is 5.43. The quantitative estimate of drug-likeness (QED) is 0.583. The minimum atomic E-state index is -0.884. The Hall–Kier alpha value is -3.32. The fourth-order valence-electron chi connectivity index (χ4n) is 2.38. The lowest BCUT2D eigenvalue weighted by molar-refractivity contribution is -0.128. The van der Waals surface area contributed by atoms with E-state index in [1.807, 2.05) is 6.07 Å². The summed E-state index contributed by atoms with van der Waals surface area (Å²) in [5.41, 5.74) is 0.644. The van der Waals surface area contributed by atoms with E-state index in [2.05, 4.69) is 20.8 Å². The van der Waals surface area contributed by atoms with Gasteiger partial charge >= 0.3 is 0 Å². The van der Waals surface area contributed by atoms with Crippen molar-refractivity contribution < 1.29 is 14.3 Å². The minimum absolute atomic E-state index is 0.249. The molecule has 3 aromatic rings. The van der Waals surface area contributed by atoms with Crippen LogP contribution >= 0.6 is 11.6 Å². The molecule has 1 unspecified atom stereocenters. The molecule has 2 amide bonds. The topological polar surface area (TPSA) is 96.1 Å². The highest BCUT2D eigenvalue weighted by Crippen LogP contribution is 2.18. The van der Waals surface area contributed by atoms with Gasteiger partial charge in [0.25, 0.3) is 11.8 Å². The Morgan fingerprint density at radius 3 is 2.63 bits per heavy atom. The van der Waals surface area contributed by atoms with Crippen LogP contribution in [0, 0.1) is 0 Å².